The van der Waals surface area contributed by atoms with Gasteiger partial charge in [0.1, 0.15) is 4.90 Å². The second-order valence-corrected chi connectivity index (χ2v) is 7.01. The molecule has 0 unspecified atom stereocenters. The Hall–Kier alpha value is -0.750. The Bertz CT molecular complexity index is 719. The highest BCUT2D eigenvalue weighted by Crippen LogP contribution is 2.29. The third-order valence-corrected chi connectivity index (χ3v) is 5.24. The van der Waals surface area contributed by atoms with Crippen LogP contribution in [0.3, 0.4) is 0 Å². The van der Waals surface area contributed by atoms with E-state index < -0.39 is 10.0 Å². The molecule has 1 N–H and O–H groups in total. The molecule has 2 aromatic carbocycles. The minimum Gasteiger partial charge on any atom is -0.278 e. The van der Waals surface area contributed by atoms with E-state index in [2.05, 4.69) is 20.7 Å². The summed E-state index contributed by atoms with van der Waals surface area (Å²) in [6.45, 7) is 0. The second-order valence-electron chi connectivity index (χ2n) is 3.66. The summed E-state index contributed by atoms with van der Waals surface area (Å²) in [5.74, 6) is 0. The molecule has 0 aromatic heterocycles. The smallest absolute Gasteiger partial charge is 0.263 e. The number of hydrogen-bond acceptors (Lipinski definition) is 2. The summed E-state index contributed by atoms with van der Waals surface area (Å²) in [6, 6.07) is 11.1. The van der Waals surface area contributed by atoms with E-state index in [4.69, 9.17) is 23.2 Å². The van der Waals surface area contributed by atoms with Crippen molar-refractivity contribution in [3.05, 3.63) is 57.0 Å². The molecule has 100 valence electrons. The van der Waals surface area contributed by atoms with Crippen molar-refractivity contribution in [2.75, 3.05) is 4.72 Å². The zero-order valence-electron chi connectivity index (χ0n) is 9.40. The Labute approximate surface area is 129 Å². The Morgan fingerprint density at radius 3 is 2.42 bits per heavy atom. The normalized spacial score (nSPS) is 11.3. The molecule has 0 fully saturated rings. The number of anilines is 1. The quantitative estimate of drug-likeness (QED) is 0.848. The second kappa shape index (κ2) is 5.71. The van der Waals surface area contributed by atoms with Crippen molar-refractivity contribution in [2.45, 2.75) is 4.90 Å². The van der Waals surface area contributed by atoms with E-state index >= 15 is 0 Å². The van der Waals surface area contributed by atoms with Crippen LogP contribution in [0.5, 0.6) is 0 Å². The van der Waals surface area contributed by atoms with Gasteiger partial charge in [0.15, 0.2) is 0 Å². The number of benzene rings is 2. The highest BCUT2D eigenvalue weighted by Gasteiger charge is 2.18. The van der Waals surface area contributed by atoms with Gasteiger partial charge in [-0.2, -0.15) is 0 Å². The van der Waals surface area contributed by atoms with Gasteiger partial charge < -0.3 is 0 Å². The minimum absolute atomic E-state index is 0.131. The fourth-order valence-corrected chi connectivity index (χ4v) is 3.91. The molecule has 3 nitrogen and oxygen atoms in total. The monoisotopic (exact) mass is 379 g/mol. The molecule has 19 heavy (non-hydrogen) atoms. The lowest BCUT2D eigenvalue weighted by Gasteiger charge is -2.11. The van der Waals surface area contributed by atoms with Gasteiger partial charge in [-0.15, -0.1) is 0 Å². The van der Waals surface area contributed by atoms with Gasteiger partial charge in [0.2, 0.25) is 0 Å². The first kappa shape index (κ1) is 14.7. The van der Waals surface area contributed by atoms with E-state index in [0.29, 0.717) is 9.50 Å². The standard InChI is InChI=1S/C12H8BrCl2NO2S/c13-9-3-1-2-4-12(9)19(17,18)16-11-7-8(14)5-6-10(11)15/h1-7,16H. The van der Waals surface area contributed by atoms with Gasteiger partial charge in [-0.1, -0.05) is 35.3 Å². The van der Waals surface area contributed by atoms with Gasteiger partial charge in [-0.05, 0) is 46.3 Å². The van der Waals surface area contributed by atoms with Crippen LogP contribution in [0, 0.1) is 0 Å². The Balaban J connectivity index is 2.43. The van der Waals surface area contributed by atoms with Crippen LogP contribution in [0.4, 0.5) is 5.69 Å². The number of hydrogen-bond donors (Lipinski definition) is 1. The van der Waals surface area contributed by atoms with Crippen molar-refractivity contribution in [3.8, 4) is 0 Å². The predicted molar refractivity (Wildman–Crippen MR) is 81.4 cm³/mol. The number of rotatable bonds is 3. The molecule has 0 aliphatic rings. The fraction of sp³-hybridized carbons (Fsp3) is 0. The van der Waals surface area contributed by atoms with E-state index in [1.165, 1.54) is 18.2 Å². The van der Waals surface area contributed by atoms with E-state index in [-0.39, 0.29) is 15.6 Å². The highest BCUT2D eigenvalue weighted by molar-refractivity contribution is 9.10. The molecular weight excluding hydrogens is 373 g/mol. The minimum atomic E-state index is -3.72. The topological polar surface area (TPSA) is 46.2 Å². The van der Waals surface area contributed by atoms with Crippen LogP contribution >= 0.6 is 39.1 Å². The third kappa shape index (κ3) is 3.42. The largest absolute Gasteiger partial charge is 0.278 e. The first-order valence-corrected chi connectivity index (χ1v) is 8.16. The van der Waals surface area contributed by atoms with Gasteiger partial charge >= 0.3 is 0 Å². The molecule has 0 aliphatic carbocycles. The Kier molecular flexibility index (Phi) is 4.40. The number of halogens is 3. The molecule has 0 bridgehead atoms. The zero-order chi connectivity index (χ0) is 14.0. The van der Waals surface area contributed by atoms with Gasteiger partial charge in [-0.25, -0.2) is 8.42 Å². The van der Waals surface area contributed by atoms with Crippen LogP contribution in [-0.2, 0) is 10.0 Å². The predicted octanol–water partition coefficient (Wildman–Crippen LogP) is 4.56. The average molecular weight is 381 g/mol. The Morgan fingerprint density at radius 1 is 1.05 bits per heavy atom. The zero-order valence-corrected chi connectivity index (χ0v) is 13.3. The summed E-state index contributed by atoms with van der Waals surface area (Å²) in [5.41, 5.74) is 0.241. The summed E-state index contributed by atoms with van der Waals surface area (Å²) in [6.07, 6.45) is 0. The first-order valence-electron chi connectivity index (χ1n) is 5.12. The molecule has 2 aromatic rings. The molecule has 2 rings (SSSR count). The maximum atomic E-state index is 12.2. The van der Waals surface area contributed by atoms with E-state index in [1.54, 1.807) is 24.3 Å². The molecule has 0 radical (unpaired) electrons. The van der Waals surface area contributed by atoms with Gasteiger partial charge in [0.25, 0.3) is 10.0 Å². The van der Waals surface area contributed by atoms with Gasteiger partial charge in [0.05, 0.1) is 10.7 Å². The molecule has 0 atom stereocenters. The summed E-state index contributed by atoms with van der Waals surface area (Å²) < 4.78 is 27.4. The number of sulfonamides is 1. The fourth-order valence-electron chi connectivity index (χ4n) is 1.44. The van der Waals surface area contributed by atoms with Crippen molar-refractivity contribution < 1.29 is 8.42 Å². The highest BCUT2D eigenvalue weighted by atomic mass is 79.9. The SMILES string of the molecule is O=S(=O)(Nc1cc(Cl)ccc1Cl)c1ccccc1Br. The summed E-state index contributed by atoms with van der Waals surface area (Å²) in [5, 5.41) is 0.675. The first-order chi connectivity index (χ1) is 8.90. The molecule has 0 spiro atoms. The van der Waals surface area contributed by atoms with Gasteiger partial charge in [0, 0.05) is 9.50 Å². The lowest BCUT2D eigenvalue weighted by molar-refractivity contribution is 0.601. The van der Waals surface area contributed by atoms with Crippen molar-refractivity contribution in [2.24, 2.45) is 0 Å². The van der Waals surface area contributed by atoms with Crippen molar-refractivity contribution in [1.82, 2.24) is 0 Å². The van der Waals surface area contributed by atoms with Crippen LogP contribution < -0.4 is 4.72 Å². The summed E-state index contributed by atoms with van der Waals surface area (Å²) in [7, 11) is -3.72. The van der Waals surface area contributed by atoms with Crippen molar-refractivity contribution in [3.63, 3.8) is 0 Å². The van der Waals surface area contributed by atoms with Crippen LogP contribution in [0.1, 0.15) is 0 Å². The average Bonchev–Trinajstić information content (AvgIpc) is 2.34. The van der Waals surface area contributed by atoms with E-state index in [0.717, 1.165) is 0 Å². The molecule has 7 heteroatoms. The van der Waals surface area contributed by atoms with Crippen LogP contribution in [0.25, 0.3) is 0 Å². The summed E-state index contributed by atoms with van der Waals surface area (Å²) >= 11 is 15.0. The molecule has 0 saturated carbocycles. The molecule has 0 aliphatic heterocycles. The van der Waals surface area contributed by atoms with Gasteiger partial charge in [-0.3, -0.25) is 4.72 Å². The van der Waals surface area contributed by atoms with Crippen LogP contribution in [0.2, 0.25) is 10.0 Å². The lowest BCUT2D eigenvalue weighted by Crippen LogP contribution is -2.13. The molecule has 0 heterocycles. The number of nitrogens with one attached hydrogen (secondary N) is 1. The molecule has 0 saturated heterocycles. The van der Waals surface area contributed by atoms with E-state index in [9.17, 15) is 8.42 Å². The summed E-state index contributed by atoms with van der Waals surface area (Å²) in [4.78, 5) is 0.131. The van der Waals surface area contributed by atoms with Crippen molar-refractivity contribution >= 4 is 54.8 Å². The maximum Gasteiger partial charge on any atom is 0.263 e. The van der Waals surface area contributed by atoms with Crippen LogP contribution in [-0.4, -0.2) is 8.42 Å². The Morgan fingerprint density at radius 2 is 1.74 bits per heavy atom. The molecular formula is C12H8BrCl2NO2S. The van der Waals surface area contributed by atoms with E-state index in [1.807, 2.05) is 0 Å². The third-order valence-electron chi connectivity index (χ3n) is 2.30. The maximum absolute atomic E-state index is 12.2. The van der Waals surface area contributed by atoms with Crippen molar-refractivity contribution in [1.29, 1.82) is 0 Å². The molecule has 0 amide bonds. The van der Waals surface area contributed by atoms with Crippen LogP contribution in [0.15, 0.2) is 51.8 Å². The lowest BCUT2D eigenvalue weighted by atomic mass is 10.3.